The Kier molecular flexibility index (Phi) is 4.53. The van der Waals surface area contributed by atoms with Crippen LogP contribution in [0.2, 0.25) is 0 Å². The Morgan fingerprint density at radius 3 is 2.59 bits per heavy atom. The van der Waals surface area contributed by atoms with Crippen molar-refractivity contribution in [2.24, 2.45) is 0 Å². The first-order valence-corrected chi connectivity index (χ1v) is 10.8. The van der Waals surface area contributed by atoms with Gasteiger partial charge in [0.05, 0.1) is 22.8 Å². The number of hydrazine groups is 1. The van der Waals surface area contributed by atoms with Crippen LogP contribution in [0.3, 0.4) is 0 Å². The zero-order chi connectivity index (χ0) is 19.0. The van der Waals surface area contributed by atoms with E-state index in [-0.39, 0.29) is 4.90 Å². The molecule has 27 heavy (non-hydrogen) atoms. The van der Waals surface area contributed by atoms with Gasteiger partial charge in [0.15, 0.2) is 9.84 Å². The largest absolute Gasteiger partial charge is 0.354 e. The first-order chi connectivity index (χ1) is 12.9. The third kappa shape index (κ3) is 4.06. The molecule has 1 fully saturated rings. The van der Waals surface area contributed by atoms with E-state index in [4.69, 9.17) is 0 Å². The van der Waals surface area contributed by atoms with Crippen LogP contribution in [-0.4, -0.2) is 38.3 Å². The van der Waals surface area contributed by atoms with Gasteiger partial charge in [0, 0.05) is 31.4 Å². The Morgan fingerprint density at radius 2 is 2.00 bits per heavy atom. The number of rotatable bonds is 6. The standard InChI is InChI=1S/C19H23N5O2S/c1-24-12-15(11-21-24)22-19-16(4-3-5-17(19)27(2,25)26)23-18-9-8-14(10-20-18)13-6-7-13/h3-5,8-11,13,21-22H,6-7,12H2,1-2H3,(H,20,23). The highest BCUT2D eigenvalue weighted by Gasteiger charge is 2.24. The van der Waals surface area contributed by atoms with Crippen LogP contribution in [-0.2, 0) is 9.84 Å². The first-order valence-electron chi connectivity index (χ1n) is 8.89. The number of hydrogen-bond acceptors (Lipinski definition) is 7. The maximum atomic E-state index is 12.3. The maximum Gasteiger partial charge on any atom is 0.177 e. The van der Waals surface area contributed by atoms with E-state index in [2.05, 4.69) is 27.1 Å². The highest BCUT2D eigenvalue weighted by atomic mass is 32.2. The lowest BCUT2D eigenvalue weighted by molar-refractivity contribution is 0.329. The van der Waals surface area contributed by atoms with Gasteiger partial charge in [-0.25, -0.2) is 18.4 Å². The molecule has 2 aromatic rings. The van der Waals surface area contributed by atoms with E-state index in [1.807, 2.05) is 36.6 Å². The molecule has 0 unspecified atom stereocenters. The summed E-state index contributed by atoms with van der Waals surface area (Å²) < 4.78 is 24.6. The van der Waals surface area contributed by atoms with Crippen molar-refractivity contribution in [2.45, 2.75) is 23.7 Å². The topological polar surface area (TPSA) is 86.4 Å². The molecule has 1 aromatic heterocycles. The van der Waals surface area contributed by atoms with Gasteiger partial charge < -0.3 is 16.1 Å². The summed E-state index contributed by atoms with van der Waals surface area (Å²) >= 11 is 0. The van der Waals surface area contributed by atoms with Crippen LogP contribution in [0.25, 0.3) is 0 Å². The molecule has 1 aliphatic heterocycles. The molecule has 0 bridgehead atoms. The van der Waals surface area contributed by atoms with Crippen LogP contribution < -0.4 is 16.1 Å². The quantitative estimate of drug-likeness (QED) is 0.705. The smallest absolute Gasteiger partial charge is 0.177 e. The summed E-state index contributed by atoms with van der Waals surface area (Å²) in [5.41, 5.74) is 6.40. The zero-order valence-electron chi connectivity index (χ0n) is 15.4. The molecule has 0 spiro atoms. The number of nitrogens with one attached hydrogen (secondary N) is 3. The molecule has 3 N–H and O–H groups in total. The maximum absolute atomic E-state index is 12.3. The van der Waals surface area contributed by atoms with Crippen LogP contribution in [0.5, 0.6) is 0 Å². The number of benzene rings is 1. The minimum absolute atomic E-state index is 0.248. The average molecular weight is 385 g/mol. The van der Waals surface area contributed by atoms with Crippen molar-refractivity contribution in [1.29, 1.82) is 0 Å². The van der Waals surface area contributed by atoms with E-state index in [9.17, 15) is 8.42 Å². The van der Waals surface area contributed by atoms with Crippen molar-refractivity contribution in [3.63, 3.8) is 0 Å². The number of aromatic nitrogens is 1. The third-order valence-corrected chi connectivity index (χ3v) is 5.81. The van der Waals surface area contributed by atoms with Crippen molar-refractivity contribution in [3.05, 3.63) is 54.0 Å². The van der Waals surface area contributed by atoms with Gasteiger partial charge in [-0.15, -0.1) is 0 Å². The highest BCUT2D eigenvalue weighted by Crippen LogP contribution is 2.40. The lowest BCUT2D eigenvalue weighted by Gasteiger charge is -2.17. The van der Waals surface area contributed by atoms with E-state index < -0.39 is 9.84 Å². The Balaban J connectivity index is 1.66. The molecule has 7 nitrogen and oxygen atoms in total. The van der Waals surface area contributed by atoms with Crippen molar-refractivity contribution < 1.29 is 8.42 Å². The number of sulfone groups is 1. The average Bonchev–Trinajstić information content (AvgIpc) is 3.39. The summed E-state index contributed by atoms with van der Waals surface area (Å²) in [5.74, 6) is 1.33. The van der Waals surface area contributed by atoms with Crippen LogP contribution in [0.1, 0.15) is 24.3 Å². The molecule has 0 saturated heterocycles. The molecular formula is C19H23N5O2S. The van der Waals surface area contributed by atoms with Crippen LogP contribution in [0, 0.1) is 0 Å². The molecule has 1 aromatic carbocycles. The van der Waals surface area contributed by atoms with Gasteiger partial charge in [-0.2, -0.15) is 0 Å². The predicted octanol–water partition coefficient (Wildman–Crippen LogP) is 2.81. The molecule has 2 aliphatic rings. The number of anilines is 3. The Hall–Kier alpha value is -2.58. The lowest BCUT2D eigenvalue weighted by atomic mass is 10.2. The van der Waals surface area contributed by atoms with E-state index in [1.54, 1.807) is 12.1 Å². The normalized spacial score (nSPS) is 17.3. The minimum atomic E-state index is -3.40. The molecule has 0 atom stereocenters. The summed E-state index contributed by atoms with van der Waals surface area (Å²) in [6.45, 7) is 0.645. The van der Waals surface area contributed by atoms with E-state index in [1.165, 1.54) is 24.7 Å². The molecule has 8 heteroatoms. The fourth-order valence-corrected chi connectivity index (χ4v) is 3.98. The van der Waals surface area contributed by atoms with Gasteiger partial charge in [-0.3, -0.25) is 0 Å². The van der Waals surface area contributed by atoms with Crippen LogP contribution in [0.4, 0.5) is 17.2 Å². The summed E-state index contributed by atoms with van der Waals surface area (Å²) in [4.78, 5) is 4.74. The van der Waals surface area contributed by atoms with Crippen molar-refractivity contribution in [1.82, 2.24) is 15.4 Å². The van der Waals surface area contributed by atoms with Crippen molar-refractivity contribution in [2.75, 3.05) is 30.5 Å². The van der Waals surface area contributed by atoms with Gasteiger partial charge in [-0.1, -0.05) is 12.1 Å². The number of hydrogen-bond donors (Lipinski definition) is 3. The number of pyridine rings is 1. The van der Waals surface area contributed by atoms with Crippen LogP contribution >= 0.6 is 0 Å². The fraction of sp³-hybridized carbons (Fsp3) is 0.316. The highest BCUT2D eigenvalue weighted by molar-refractivity contribution is 7.90. The molecule has 0 amide bonds. The van der Waals surface area contributed by atoms with E-state index >= 15 is 0 Å². The van der Waals surface area contributed by atoms with Gasteiger partial charge in [0.25, 0.3) is 0 Å². The molecule has 1 aliphatic carbocycles. The predicted molar refractivity (Wildman–Crippen MR) is 107 cm³/mol. The monoisotopic (exact) mass is 385 g/mol. The van der Waals surface area contributed by atoms with E-state index in [0.717, 1.165) is 5.70 Å². The minimum Gasteiger partial charge on any atom is -0.354 e. The number of likely N-dealkylation sites (N-methyl/N-ethyl adjacent to an activating group) is 1. The summed E-state index contributed by atoms with van der Waals surface area (Å²) in [7, 11) is -1.48. The molecule has 0 radical (unpaired) electrons. The second-order valence-electron chi connectivity index (χ2n) is 7.11. The second kappa shape index (κ2) is 6.86. The lowest BCUT2D eigenvalue weighted by Crippen LogP contribution is -2.25. The van der Waals surface area contributed by atoms with Crippen molar-refractivity contribution >= 4 is 27.0 Å². The van der Waals surface area contributed by atoms with E-state index in [0.29, 0.717) is 29.7 Å². The number of para-hydroxylation sites is 1. The van der Waals surface area contributed by atoms with Crippen LogP contribution in [0.15, 0.2) is 53.3 Å². The fourth-order valence-electron chi connectivity index (χ4n) is 3.12. The molecule has 4 rings (SSSR count). The SMILES string of the molecule is CN1CC(Nc2c(Nc3ccc(C4CC4)cn3)cccc2S(C)(=O)=O)=CN1. The van der Waals surface area contributed by atoms with Gasteiger partial charge in [-0.05, 0) is 42.5 Å². The molecular weight excluding hydrogens is 362 g/mol. The first kappa shape index (κ1) is 17.8. The van der Waals surface area contributed by atoms with Crippen molar-refractivity contribution in [3.8, 4) is 0 Å². The Morgan fingerprint density at radius 1 is 1.19 bits per heavy atom. The number of nitrogens with zero attached hydrogens (tertiary/aromatic N) is 2. The summed E-state index contributed by atoms with van der Waals surface area (Å²) in [5, 5.41) is 8.42. The Bertz CT molecular complexity index is 982. The molecule has 1 saturated carbocycles. The van der Waals surface area contributed by atoms with Gasteiger partial charge >= 0.3 is 0 Å². The summed E-state index contributed by atoms with van der Waals surface area (Å²) in [6.07, 6.45) is 7.40. The Labute approximate surface area is 159 Å². The third-order valence-electron chi connectivity index (χ3n) is 4.68. The second-order valence-corrected chi connectivity index (χ2v) is 9.09. The molecule has 142 valence electrons. The van der Waals surface area contributed by atoms with Gasteiger partial charge in [0.2, 0.25) is 0 Å². The van der Waals surface area contributed by atoms with Gasteiger partial charge in [0.1, 0.15) is 5.82 Å². The summed E-state index contributed by atoms with van der Waals surface area (Å²) in [6, 6.07) is 9.21. The zero-order valence-corrected chi connectivity index (χ0v) is 16.2. The molecule has 2 heterocycles.